The zero-order chi connectivity index (χ0) is 7.40. The van der Waals surface area contributed by atoms with Gasteiger partial charge >= 0.3 is 0 Å². The van der Waals surface area contributed by atoms with E-state index < -0.39 is 0 Å². The molecule has 1 aromatic rings. The summed E-state index contributed by atoms with van der Waals surface area (Å²) in [5, 5.41) is 8.30. The van der Waals surface area contributed by atoms with Gasteiger partial charge in [-0.25, -0.2) is 10.5 Å². The molecule has 0 aliphatic rings. The van der Waals surface area contributed by atoms with Crippen LogP contribution in [0.2, 0.25) is 0 Å². The number of hydroxylamine groups is 1. The highest BCUT2D eigenvalue weighted by Crippen LogP contribution is 2.05. The SMILES string of the molecule is ONCc1ccc(Br)nc1. The van der Waals surface area contributed by atoms with Gasteiger partial charge in [-0.05, 0) is 27.6 Å². The standard InChI is InChI=1S/C6H7BrN2O/c7-6-2-1-5(3-8-6)4-9-10/h1-3,9-10H,4H2. The second kappa shape index (κ2) is 3.65. The zero-order valence-corrected chi connectivity index (χ0v) is 6.80. The van der Waals surface area contributed by atoms with Gasteiger partial charge in [0.1, 0.15) is 4.60 Å². The van der Waals surface area contributed by atoms with E-state index in [2.05, 4.69) is 20.9 Å². The van der Waals surface area contributed by atoms with Crippen molar-refractivity contribution in [2.45, 2.75) is 6.54 Å². The monoisotopic (exact) mass is 202 g/mol. The molecule has 0 radical (unpaired) electrons. The molecule has 0 aliphatic heterocycles. The topological polar surface area (TPSA) is 45.1 Å². The van der Waals surface area contributed by atoms with Crippen molar-refractivity contribution in [3.8, 4) is 0 Å². The Morgan fingerprint density at radius 1 is 1.60 bits per heavy atom. The van der Waals surface area contributed by atoms with E-state index in [-0.39, 0.29) is 0 Å². The van der Waals surface area contributed by atoms with E-state index in [0.717, 1.165) is 10.2 Å². The minimum absolute atomic E-state index is 0.431. The number of nitrogens with zero attached hydrogens (tertiary/aromatic N) is 1. The van der Waals surface area contributed by atoms with Gasteiger partial charge < -0.3 is 5.21 Å². The molecular formula is C6H7BrN2O. The van der Waals surface area contributed by atoms with Gasteiger partial charge in [0.05, 0.1) is 0 Å². The molecule has 54 valence electrons. The first-order valence-corrected chi connectivity index (χ1v) is 3.59. The summed E-state index contributed by atoms with van der Waals surface area (Å²) in [5.74, 6) is 0. The molecule has 0 saturated carbocycles. The fourth-order valence-corrected chi connectivity index (χ4v) is 0.837. The van der Waals surface area contributed by atoms with Gasteiger partial charge in [-0.15, -0.1) is 0 Å². The molecule has 1 heterocycles. The third kappa shape index (κ3) is 2.06. The zero-order valence-electron chi connectivity index (χ0n) is 5.21. The van der Waals surface area contributed by atoms with Crippen LogP contribution in [0.15, 0.2) is 22.9 Å². The number of aromatic nitrogens is 1. The molecule has 0 fully saturated rings. The Morgan fingerprint density at radius 3 is 2.90 bits per heavy atom. The summed E-state index contributed by atoms with van der Waals surface area (Å²) in [6.07, 6.45) is 1.69. The van der Waals surface area contributed by atoms with Gasteiger partial charge in [-0.2, -0.15) is 0 Å². The molecule has 1 rings (SSSR count). The van der Waals surface area contributed by atoms with E-state index in [9.17, 15) is 0 Å². The smallest absolute Gasteiger partial charge is 0.106 e. The lowest BCUT2D eigenvalue weighted by Gasteiger charge is -1.96. The maximum atomic E-state index is 8.30. The maximum absolute atomic E-state index is 8.30. The van der Waals surface area contributed by atoms with Crippen molar-refractivity contribution < 1.29 is 5.21 Å². The summed E-state index contributed by atoms with van der Waals surface area (Å²) in [4.78, 5) is 3.96. The maximum Gasteiger partial charge on any atom is 0.106 e. The Kier molecular flexibility index (Phi) is 2.80. The van der Waals surface area contributed by atoms with Gasteiger partial charge in [0.2, 0.25) is 0 Å². The molecule has 0 bridgehead atoms. The van der Waals surface area contributed by atoms with Crippen LogP contribution in [0, 0.1) is 0 Å². The third-order valence-corrected chi connectivity index (χ3v) is 1.54. The van der Waals surface area contributed by atoms with Crippen LogP contribution < -0.4 is 5.48 Å². The van der Waals surface area contributed by atoms with Crippen LogP contribution in [-0.4, -0.2) is 10.2 Å². The molecule has 0 atom stereocenters. The highest BCUT2D eigenvalue weighted by atomic mass is 79.9. The Morgan fingerprint density at radius 2 is 2.40 bits per heavy atom. The second-order valence-corrected chi connectivity index (χ2v) is 2.64. The first-order chi connectivity index (χ1) is 4.83. The van der Waals surface area contributed by atoms with Gasteiger partial charge in [0, 0.05) is 12.7 Å². The summed E-state index contributed by atoms with van der Waals surface area (Å²) in [5.41, 5.74) is 3.00. The van der Waals surface area contributed by atoms with Crippen molar-refractivity contribution in [2.24, 2.45) is 0 Å². The molecule has 0 saturated heterocycles. The summed E-state index contributed by atoms with van der Waals surface area (Å²) < 4.78 is 0.800. The quantitative estimate of drug-likeness (QED) is 0.562. The van der Waals surface area contributed by atoms with Gasteiger partial charge in [-0.3, -0.25) is 0 Å². The van der Waals surface area contributed by atoms with Gasteiger partial charge in [0.15, 0.2) is 0 Å². The molecule has 0 amide bonds. The molecule has 1 aromatic heterocycles. The highest BCUT2D eigenvalue weighted by Gasteiger charge is 1.90. The van der Waals surface area contributed by atoms with E-state index in [1.807, 2.05) is 17.6 Å². The molecule has 0 aliphatic carbocycles. The van der Waals surface area contributed by atoms with Gasteiger partial charge in [-0.1, -0.05) is 6.07 Å². The minimum Gasteiger partial charge on any atom is -0.316 e. The van der Waals surface area contributed by atoms with Crippen molar-refractivity contribution in [3.63, 3.8) is 0 Å². The van der Waals surface area contributed by atoms with E-state index in [1.165, 1.54) is 0 Å². The third-order valence-electron chi connectivity index (χ3n) is 1.07. The molecule has 0 aromatic carbocycles. The molecule has 0 spiro atoms. The lowest BCUT2D eigenvalue weighted by atomic mass is 10.3. The fourth-order valence-electron chi connectivity index (χ4n) is 0.602. The largest absolute Gasteiger partial charge is 0.316 e. The molecule has 4 heteroatoms. The lowest BCUT2D eigenvalue weighted by Crippen LogP contribution is -2.05. The number of nitrogens with one attached hydrogen (secondary N) is 1. The Bertz CT molecular complexity index is 199. The Labute approximate surface area is 67.2 Å². The van der Waals surface area contributed by atoms with Crippen molar-refractivity contribution in [3.05, 3.63) is 28.5 Å². The Hall–Kier alpha value is -0.450. The van der Waals surface area contributed by atoms with E-state index in [1.54, 1.807) is 6.20 Å². The van der Waals surface area contributed by atoms with Crippen molar-refractivity contribution >= 4 is 15.9 Å². The highest BCUT2D eigenvalue weighted by molar-refractivity contribution is 9.10. The van der Waals surface area contributed by atoms with E-state index in [4.69, 9.17) is 5.21 Å². The van der Waals surface area contributed by atoms with Crippen LogP contribution in [-0.2, 0) is 6.54 Å². The summed E-state index contributed by atoms with van der Waals surface area (Å²) in [7, 11) is 0. The van der Waals surface area contributed by atoms with Crippen LogP contribution in [0.5, 0.6) is 0 Å². The van der Waals surface area contributed by atoms with E-state index in [0.29, 0.717) is 6.54 Å². The molecular weight excluding hydrogens is 196 g/mol. The van der Waals surface area contributed by atoms with Crippen LogP contribution >= 0.6 is 15.9 Å². The van der Waals surface area contributed by atoms with Crippen molar-refractivity contribution in [1.82, 2.24) is 10.5 Å². The van der Waals surface area contributed by atoms with Gasteiger partial charge in [0.25, 0.3) is 0 Å². The number of pyridine rings is 1. The molecule has 0 unspecified atom stereocenters. The first-order valence-electron chi connectivity index (χ1n) is 2.80. The lowest BCUT2D eigenvalue weighted by molar-refractivity contribution is 0.161. The molecule has 2 N–H and O–H groups in total. The van der Waals surface area contributed by atoms with Crippen LogP contribution in [0.4, 0.5) is 0 Å². The number of rotatable bonds is 2. The van der Waals surface area contributed by atoms with Crippen LogP contribution in [0.1, 0.15) is 5.56 Å². The summed E-state index contributed by atoms with van der Waals surface area (Å²) in [6.45, 7) is 0.431. The fraction of sp³-hybridized carbons (Fsp3) is 0.167. The minimum atomic E-state index is 0.431. The second-order valence-electron chi connectivity index (χ2n) is 1.82. The first kappa shape index (κ1) is 7.65. The number of hydrogen-bond donors (Lipinski definition) is 2. The number of hydrogen-bond acceptors (Lipinski definition) is 3. The number of halogens is 1. The van der Waals surface area contributed by atoms with Crippen LogP contribution in [0.3, 0.4) is 0 Å². The average molecular weight is 203 g/mol. The predicted octanol–water partition coefficient (Wildman–Crippen LogP) is 1.32. The molecule has 3 nitrogen and oxygen atoms in total. The van der Waals surface area contributed by atoms with Crippen LogP contribution in [0.25, 0.3) is 0 Å². The van der Waals surface area contributed by atoms with Crippen molar-refractivity contribution in [2.75, 3.05) is 0 Å². The van der Waals surface area contributed by atoms with E-state index >= 15 is 0 Å². The summed E-state index contributed by atoms with van der Waals surface area (Å²) in [6, 6.07) is 3.70. The summed E-state index contributed by atoms with van der Waals surface area (Å²) >= 11 is 3.20. The average Bonchev–Trinajstić information content (AvgIpc) is 1.95. The van der Waals surface area contributed by atoms with Crippen molar-refractivity contribution in [1.29, 1.82) is 0 Å². The molecule has 10 heavy (non-hydrogen) atoms. The normalized spacial score (nSPS) is 9.80. The predicted molar refractivity (Wildman–Crippen MR) is 40.6 cm³/mol. The Balaban J connectivity index is 2.69.